The number of hydrogen-bond donors (Lipinski definition) is 2. The molecular formula is C21H24FN5O2. The maximum Gasteiger partial charge on any atom is 0.288 e. The van der Waals surface area contributed by atoms with Gasteiger partial charge < -0.3 is 10.2 Å². The van der Waals surface area contributed by atoms with Gasteiger partial charge in [0.1, 0.15) is 12.4 Å². The lowest BCUT2D eigenvalue weighted by atomic mass is 10.1. The molecule has 1 aliphatic rings. The first-order valence-corrected chi connectivity index (χ1v) is 9.26. The van der Waals surface area contributed by atoms with Gasteiger partial charge in [0, 0.05) is 6.54 Å². The molecule has 29 heavy (non-hydrogen) atoms. The number of nitrogens with one attached hydrogen (secondary N) is 2. The van der Waals surface area contributed by atoms with Gasteiger partial charge in [-0.25, -0.2) is 9.40 Å². The number of amides is 2. The summed E-state index contributed by atoms with van der Waals surface area (Å²) in [5.41, 5.74) is 5.24. The van der Waals surface area contributed by atoms with E-state index >= 15 is 0 Å². The molecule has 1 aliphatic heterocycles. The first kappa shape index (κ1) is 20.5. The number of carbonyl (C=O) groups excluding carboxylic acids is 2. The second kappa shape index (κ2) is 8.83. The Morgan fingerprint density at radius 1 is 1.28 bits per heavy atom. The summed E-state index contributed by atoms with van der Waals surface area (Å²) in [6, 6.07) is 13.4. The van der Waals surface area contributed by atoms with Gasteiger partial charge in [0.15, 0.2) is 0 Å². The zero-order valence-electron chi connectivity index (χ0n) is 16.6. The van der Waals surface area contributed by atoms with Gasteiger partial charge in [-0.1, -0.05) is 29.8 Å². The number of anilines is 1. The van der Waals surface area contributed by atoms with Crippen LogP contribution in [-0.4, -0.2) is 49.7 Å². The summed E-state index contributed by atoms with van der Waals surface area (Å²) < 4.78 is 13.6. The summed E-state index contributed by atoms with van der Waals surface area (Å²) in [7, 11) is 3.71. The zero-order chi connectivity index (χ0) is 21.0. The van der Waals surface area contributed by atoms with E-state index in [9.17, 15) is 14.0 Å². The number of aryl methyl sites for hydroxylation is 1. The summed E-state index contributed by atoms with van der Waals surface area (Å²) in [5.74, 6) is -0.956. The van der Waals surface area contributed by atoms with Gasteiger partial charge in [-0.15, -0.1) is 0 Å². The Hall–Kier alpha value is -3.26. The molecule has 152 valence electrons. The number of amidine groups is 1. The third kappa shape index (κ3) is 4.97. The molecule has 0 unspecified atom stereocenters. The highest BCUT2D eigenvalue weighted by molar-refractivity contribution is 6.39. The lowest BCUT2D eigenvalue weighted by Crippen LogP contribution is -2.56. The van der Waals surface area contributed by atoms with Crippen molar-refractivity contribution >= 4 is 23.3 Å². The molecule has 1 atom stereocenters. The van der Waals surface area contributed by atoms with Gasteiger partial charge in [0.05, 0.1) is 11.7 Å². The molecule has 0 bridgehead atoms. The van der Waals surface area contributed by atoms with Crippen LogP contribution in [0, 0.1) is 12.7 Å². The van der Waals surface area contributed by atoms with E-state index in [0.717, 1.165) is 11.1 Å². The molecule has 0 saturated carbocycles. The summed E-state index contributed by atoms with van der Waals surface area (Å²) in [6.07, 6.45) is 0. The minimum atomic E-state index is -0.433. The number of carbonyl (C=O) groups is 2. The summed E-state index contributed by atoms with van der Waals surface area (Å²) >= 11 is 0. The number of likely N-dealkylation sites (N-methyl/N-ethyl adjacent to an activating group) is 1. The fraction of sp³-hybridized carbons (Fsp3) is 0.286. The van der Waals surface area contributed by atoms with Crippen molar-refractivity contribution < 1.29 is 14.0 Å². The van der Waals surface area contributed by atoms with Crippen LogP contribution in [-0.2, 0) is 9.59 Å². The summed E-state index contributed by atoms with van der Waals surface area (Å²) in [4.78, 5) is 30.8. The number of hydrazine groups is 1. The molecule has 2 N–H and O–H groups in total. The normalized spacial score (nSPS) is 15.0. The second-order valence-corrected chi connectivity index (χ2v) is 7.09. The van der Waals surface area contributed by atoms with Gasteiger partial charge in [-0.3, -0.25) is 20.0 Å². The minimum absolute atomic E-state index is 0.0573. The molecule has 0 aromatic heterocycles. The van der Waals surface area contributed by atoms with Crippen LogP contribution in [0.4, 0.5) is 10.1 Å². The molecule has 0 aliphatic carbocycles. The first-order chi connectivity index (χ1) is 13.8. The van der Waals surface area contributed by atoms with E-state index in [1.807, 2.05) is 44.1 Å². The fourth-order valence-electron chi connectivity index (χ4n) is 3.03. The average molecular weight is 397 g/mol. The van der Waals surface area contributed by atoms with Crippen LogP contribution in [0.2, 0.25) is 0 Å². The monoisotopic (exact) mass is 397 g/mol. The van der Waals surface area contributed by atoms with Crippen LogP contribution >= 0.6 is 0 Å². The molecule has 0 radical (unpaired) electrons. The largest absolute Gasteiger partial charge is 0.347 e. The molecule has 2 aromatic rings. The predicted molar refractivity (Wildman–Crippen MR) is 110 cm³/mol. The fourth-order valence-corrected chi connectivity index (χ4v) is 3.03. The van der Waals surface area contributed by atoms with Crippen LogP contribution in [0.15, 0.2) is 53.5 Å². The standard InChI is InChI=1S/C21H24FN5O2/c1-14-7-9-17(10-8-14)27-19(28)13-23-20(25-27)21(29)24-12-18(26(2)3)15-5-4-6-16(22)11-15/h4-11,18H,12-13H2,1-3H3,(H,23,25)(H,24,29)/t18-/m0/s1. The summed E-state index contributed by atoms with van der Waals surface area (Å²) in [6.45, 7) is 2.09. The van der Waals surface area contributed by atoms with Crippen molar-refractivity contribution in [3.05, 3.63) is 65.5 Å². The van der Waals surface area contributed by atoms with Crippen molar-refractivity contribution in [3.63, 3.8) is 0 Å². The van der Waals surface area contributed by atoms with Gasteiger partial charge in [0.25, 0.3) is 11.8 Å². The Bertz CT molecular complexity index is 927. The van der Waals surface area contributed by atoms with Gasteiger partial charge in [0.2, 0.25) is 5.84 Å². The van der Waals surface area contributed by atoms with Crippen LogP contribution < -0.4 is 15.8 Å². The van der Waals surface area contributed by atoms with Crippen LogP contribution in [0.5, 0.6) is 0 Å². The molecular weight excluding hydrogens is 373 g/mol. The molecule has 8 heteroatoms. The van der Waals surface area contributed by atoms with E-state index in [1.165, 1.54) is 17.1 Å². The molecule has 2 aromatic carbocycles. The number of rotatable bonds is 6. The average Bonchev–Trinajstić information content (AvgIpc) is 2.69. The predicted octanol–water partition coefficient (Wildman–Crippen LogP) is 1.80. The lowest BCUT2D eigenvalue weighted by molar-refractivity contribution is -0.118. The van der Waals surface area contributed by atoms with Gasteiger partial charge >= 0.3 is 0 Å². The van der Waals surface area contributed by atoms with E-state index in [4.69, 9.17) is 0 Å². The highest BCUT2D eigenvalue weighted by atomic mass is 19.1. The number of hydrogen-bond acceptors (Lipinski definition) is 5. The molecule has 0 saturated heterocycles. The molecule has 3 rings (SSSR count). The molecule has 1 heterocycles. The lowest BCUT2D eigenvalue weighted by Gasteiger charge is -2.29. The summed E-state index contributed by atoms with van der Waals surface area (Å²) in [5, 5.41) is 4.13. The maximum absolute atomic E-state index is 13.6. The van der Waals surface area contributed by atoms with Crippen molar-refractivity contribution in [2.45, 2.75) is 13.0 Å². The zero-order valence-corrected chi connectivity index (χ0v) is 16.6. The van der Waals surface area contributed by atoms with E-state index in [-0.39, 0.29) is 36.7 Å². The number of halogens is 1. The van der Waals surface area contributed by atoms with E-state index < -0.39 is 5.91 Å². The van der Waals surface area contributed by atoms with E-state index in [2.05, 4.69) is 15.7 Å². The third-order valence-corrected chi connectivity index (χ3v) is 4.66. The highest BCUT2D eigenvalue weighted by Gasteiger charge is 2.26. The molecule has 2 amide bonds. The quantitative estimate of drug-likeness (QED) is 0.779. The second-order valence-electron chi connectivity index (χ2n) is 7.09. The number of aliphatic imine (C=N–C) groups is 1. The Kier molecular flexibility index (Phi) is 6.23. The van der Waals surface area contributed by atoms with Crippen molar-refractivity contribution in [1.82, 2.24) is 15.6 Å². The smallest absolute Gasteiger partial charge is 0.288 e. The first-order valence-electron chi connectivity index (χ1n) is 9.26. The van der Waals surface area contributed by atoms with E-state index in [0.29, 0.717) is 5.69 Å². The van der Waals surface area contributed by atoms with Crippen LogP contribution in [0.25, 0.3) is 0 Å². The minimum Gasteiger partial charge on any atom is -0.347 e. The Balaban J connectivity index is 1.68. The third-order valence-electron chi connectivity index (χ3n) is 4.66. The maximum atomic E-state index is 13.6. The van der Waals surface area contributed by atoms with Crippen molar-refractivity contribution in [2.75, 3.05) is 32.2 Å². The van der Waals surface area contributed by atoms with Crippen LogP contribution in [0.1, 0.15) is 17.2 Å². The Morgan fingerprint density at radius 2 is 2.00 bits per heavy atom. The van der Waals surface area contributed by atoms with Crippen molar-refractivity contribution in [1.29, 1.82) is 0 Å². The Labute approximate surface area is 169 Å². The van der Waals surface area contributed by atoms with Gasteiger partial charge in [-0.05, 0) is 50.8 Å². The van der Waals surface area contributed by atoms with Crippen molar-refractivity contribution in [3.8, 4) is 0 Å². The van der Waals surface area contributed by atoms with Gasteiger partial charge in [-0.2, -0.15) is 0 Å². The topological polar surface area (TPSA) is 77.0 Å². The molecule has 7 nitrogen and oxygen atoms in total. The Morgan fingerprint density at radius 3 is 2.66 bits per heavy atom. The molecule has 0 spiro atoms. The molecule has 0 fully saturated rings. The van der Waals surface area contributed by atoms with Crippen LogP contribution in [0.3, 0.4) is 0 Å². The number of nitrogens with zero attached hydrogens (tertiary/aromatic N) is 3. The number of benzene rings is 2. The van der Waals surface area contributed by atoms with E-state index in [1.54, 1.807) is 18.2 Å². The van der Waals surface area contributed by atoms with Crippen molar-refractivity contribution in [2.24, 2.45) is 4.99 Å². The highest BCUT2D eigenvalue weighted by Crippen LogP contribution is 2.18. The SMILES string of the molecule is Cc1ccc(N2NC(C(=O)NC[C@@H](c3cccc(F)c3)N(C)C)=NCC2=O)cc1.